The lowest BCUT2D eigenvalue weighted by Crippen LogP contribution is -2.30. The van der Waals surface area contributed by atoms with Gasteiger partial charge in [0.1, 0.15) is 11.3 Å². The van der Waals surface area contributed by atoms with Crippen molar-refractivity contribution in [2.24, 2.45) is 0 Å². The van der Waals surface area contributed by atoms with E-state index in [-0.39, 0.29) is 12.5 Å². The molecule has 0 spiro atoms. The highest BCUT2D eigenvalue weighted by atomic mass is 35.5. The van der Waals surface area contributed by atoms with Gasteiger partial charge in [-0.2, -0.15) is 0 Å². The quantitative estimate of drug-likeness (QED) is 0.351. The summed E-state index contributed by atoms with van der Waals surface area (Å²) in [6, 6.07) is 12.9. The van der Waals surface area contributed by atoms with Crippen LogP contribution in [0.3, 0.4) is 0 Å². The molecular formula is C21H20ClNO4S. The highest BCUT2D eigenvalue weighted by Crippen LogP contribution is 2.30. The number of amides is 1. The van der Waals surface area contributed by atoms with E-state index < -0.39 is 5.63 Å². The van der Waals surface area contributed by atoms with Crippen molar-refractivity contribution in [1.82, 2.24) is 5.32 Å². The number of hydrogen-bond acceptors (Lipinski definition) is 5. The molecular weight excluding hydrogens is 398 g/mol. The number of halogens is 1. The van der Waals surface area contributed by atoms with Crippen LogP contribution in [0.1, 0.15) is 11.1 Å². The molecule has 1 amide bonds. The maximum absolute atomic E-state index is 12.0. The Kier molecular flexibility index (Phi) is 6.65. The molecule has 1 N–H and O–H groups in total. The molecule has 2 aromatic carbocycles. The lowest BCUT2D eigenvalue weighted by molar-refractivity contribution is -0.122. The van der Waals surface area contributed by atoms with E-state index in [1.807, 2.05) is 6.92 Å². The number of carbonyl (C=O) groups is 1. The van der Waals surface area contributed by atoms with Crippen molar-refractivity contribution in [2.75, 3.05) is 18.9 Å². The van der Waals surface area contributed by atoms with Gasteiger partial charge in [0.05, 0.1) is 5.02 Å². The molecule has 7 heteroatoms. The molecule has 0 aliphatic heterocycles. The molecule has 0 saturated carbocycles. The predicted molar refractivity (Wildman–Crippen MR) is 113 cm³/mol. The zero-order valence-corrected chi connectivity index (χ0v) is 17.2. The Labute approximate surface area is 172 Å². The Morgan fingerprint density at radius 1 is 1.18 bits per heavy atom. The second kappa shape index (κ2) is 9.17. The van der Waals surface area contributed by atoms with Gasteiger partial charge in [0.15, 0.2) is 6.61 Å². The van der Waals surface area contributed by atoms with Gasteiger partial charge >= 0.3 is 5.63 Å². The van der Waals surface area contributed by atoms with Crippen LogP contribution in [0.25, 0.3) is 11.0 Å². The van der Waals surface area contributed by atoms with Crippen molar-refractivity contribution in [3.8, 4) is 5.75 Å². The van der Waals surface area contributed by atoms with Gasteiger partial charge in [-0.15, -0.1) is 11.8 Å². The first kappa shape index (κ1) is 20.3. The van der Waals surface area contributed by atoms with E-state index in [4.69, 9.17) is 20.8 Å². The summed E-state index contributed by atoms with van der Waals surface area (Å²) in [4.78, 5) is 24.7. The second-order valence-corrected chi connectivity index (χ2v) is 7.90. The predicted octanol–water partition coefficient (Wildman–Crippen LogP) is 4.35. The molecule has 3 rings (SSSR count). The molecule has 0 radical (unpaired) electrons. The van der Waals surface area contributed by atoms with Gasteiger partial charge in [-0.05, 0) is 37.6 Å². The fourth-order valence-electron chi connectivity index (χ4n) is 2.62. The molecule has 0 saturated heterocycles. The SMILES string of the molecule is Cc1ccc(SCCNC(=O)COc2cc3oc(=O)cc(C)c3cc2Cl)cc1. The Balaban J connectivity index is 1.50. The van der Waals surface area contributed by atoms with Gasteiger partial charge in [-0.3, -0.25) is 4.79 Å². The maximum atomic E-state index is 12.0. The molecule has 5 nitrogen and oxygen atoms in total. The van der Waals surface area contributed by atoms with E-state index in [0.717, 1.165) is 21.6 Å². The molecule has 1 aromatic heterocycles. The fourth-order valence-corrected chi connectivity index (χ4v) is 3.61. The lowest BCUT2D eigenvalue weighted by atomic mass is 10.1. The zero-order valence-electron chi connectivity index (χ0n) is 15.6. The molecule has 0 fully saturated rings. The number of nitrogens with one attached hydrogen (secondary N) is 1. The topological polar surface area (TPSA) is 68.5 Å². The van der Waals surface area contributed by atoms with Crippen LogP contribution in [0.5, 0.6) is 5.75 Å². The molecule has 0 aliphatic rings. The largest absolute Gasteiger partial charge is 0.482 e. The van der Waals surface area contributed by atoms with Crippen LogP contribution in [0.15, 0.2) is 56.6 Å². The van der Waals surface area contributed by atoms with E-state index in [1.165, 1.54) is 17.7 Å². The van der Waals surface area contributed by atoms with Crippen molar-refractivity contribution in [1.29, 1.82) is 0 Å². The van der Waals surface area contributed by atoms with Crippen LogP contribution in [-0.2, 0) is 4.79 Å². The Morgan fingerprint density at radius 2 is 1.93 bits per heavy atom. The van der Waals surface area contributed by atoms with Crippen LogP contribution in [-0.4, -0.2) is 24.8 Å². The summed E-state index contributed by atoms with van der Waals surface area (Å²) in [6.07, 6.45) is 0. The summed E-state index contributed by atoms with van der Waals surface area (Å²) in [7, 11) is 0. The van der Waals surface area contributed by atoms with Gasteiger partial charge in [0.25, 0.3) is 5.91 Å². The number of aryl methyl sites for hydroxylation is 2. The van der Waals surface area contributed by atoms with Crippen LogP contribution in [0.4, 0.5) is 0 Å². The molecule has 28 heavy (non-hydrogen) atoms. The first-order valence-electron chi connectivity index (χ1n) is 8.75. The van der Waals surface area contributed by atoms with Gasteiger partial charge in [-0.25, -0.2) is 4.79 Å². The van der Waals surface area contributed by atoms with Crippen molar-refractivity contribution < 1.29 is 13.9 Å². The summed E-state index contributed by atoms with van der Waals surface area (Å²) in [5.41, 5.74) is 1.92. The number of thioether (sulfide) groups is 1. The number of benzene rings is 2. The molecule has 3 aromatic rings. The van der Waals surface area contributed by atoms with E-state index >= 15 is 0 Å². The maximum Gasteiger partial charge on any atom is 0.336 e. The van der Waals surface area contributed by atoms with Gasteiger partial charge in [0, 0.05) is 34.7 Å². The third-order valence-corrected chi connectivity index (χ3v) is 5.39. The number of hydrogen-bond donors (Lipinski definition) is 1. The summed E-state index contributed by atoms with van der Waals surface area (Å²) < 4.78 is 10.7. The van der Waals surface area contributed by atoms with E-state index in [0.29, 0.717) is 22.9 Å². The fraction of sp³-hybridized carbons (Fsp3) is 0.238. The number of ether oxygens (including phenoxy) is 1. The van der Waals surface area contributed by atoms with Gasteiger partial charge < -0.3 is 14.5 Å². The minimum absolute atomic E-state index is 0.170. The molecule has 0 unspecified atom stereocenters. The Bertz CT molecular complexity index is 1050. The molecule has 0 atom stereocenters. The van der Waals surface area contributed by atoms with Crippen LogP contribution in [0.2, 0.25) is 5.02 Å². The van der Waals surface area contributed by atoms with Crippen molar-refractivity contribution >= 4 is 40.2 Å². The summed E-state index contributed by atoms with van der Waals surface area (Å²) in [5, 5.41) is 3.89. The van der Waals surface area contributed by atoms with Gasteiger partial charge in [-0.1, -0.05) is 29.3 Å². The summed E-state index contributed by atoms with van der Waals surface area (Å²) in [6.45, 7) is 4.21. The average molecular weight is 418 g/mol. The first-order chi connectivity index (χ1) is 13.4. The molecule has 146 valence electrons. The van der Waals surface area contributed by atoms with Crippen molar-refractivity contribution in [3.63, 3.8) is 0 Å². The zero-order chi connectivity index (χ0) is 20.1. The normalized spacial score (nSPS) is 10.8. The summed E-state index contributed by atoms with van der Waals surface area (Å²) >= 11 is 7.90. The Morgan fingerprint density at radius 3 is 2.68 bits per heavy atom. The van der Waals surface area contributed by atoms with E-state index in [1.54, 1.807) is 24.8 Å². The third kappa shape index (κ3) is 5.30. The third-order valence-electron chi connectivity index (χ3n) is 4.08. The Hall–Kier alpha value is -2.44. The number of carbonyl (C=O) groups excluding carboxylic acids is 1. The number of fused-ring (bicyclic) bond motifs is 1. The van der Waals surface area contributed by atoms with Crippen LogP contribution < -0.4 is 15.7 Å². The first-order valence-corrected chi connectivity index (χ1v) is 10.1. The lowest BCUT2D eigenvalue weighted by Gasteiger charge is -2.10. The standard InChI is InChI=1S/C21H20ClNO4S/c1-13-3-5-15(6-4-13)28-8-7-23-20(24)12-26-19-11-18-16(10-17(19)22)14(2)9-21(25)27-18/h3-6,9-11H,7-8,12H2,1-2H3,(H,23,24). The van der Waals surface area contributed by atoms with Crippen molar-refractivity contribution in [3.05, 3.63) is 69.0 Å². The molecule has 0 aliphatic carbocycles. The average Bonchev–Trinajstić information content (AvgIpc) is 2.65. The molecule has 1 heterocycles. The highest BCUT2D eigenvalue weighted by molar-refractivity contribution is 7.99. The van der Waals surface area contributed by atoms with E-state index in [9.17, 15) is 9.59 Å². The number of rotatable bonds is 7. The van der Waals surface area contributed by atoms with Crippen LogP contribution in [0, 0.1) is 13.8 Å². The summed E-state index contributed by atoms with van der Waals surface area (Å²) in [5.74, 6) is 0.814. The monoisotopic (exact) mass is 417 g/mol. The van der Waals surface area contributed by atoms with Gasteiger partial charge in [0.2, 0.25) is 0 Å². The molecule has 0 bridgehead atoms. The smallest absolute Gasteiger partial charge is 0.336 e. The van der Waals surface area contributed by atoms with Crippen LogP contribution >= 0.6 is 23.4 Å². The minimum Gasteiger partial charge on any atom is -0.482 e. The second-order valence-electron chi connectivity index (χ2n) is 6.33. The van der Waals surface area contributed by atoms with Crippen molar-refractivity contribution in [2.45, 2.75) is 18.7 Å². The highest BCUT2D eigenvalue weighted by Gasteiger charge is 2.11. The van der Waals surface area contributed by atoms with E-state index in [2.05, 4.69) is 29.6 Å². The minimum atomic E-state index is -0.443.